The van der Waals surface area contributed by atoms with Crippen molar-refractivity contribution < 1.29 is 22.7 Å². The van der Waals surface area contributed by atoms with E-state index < -0.39 is 17.2 Å². The molecule has 4 rings (SSSR count). The number of ether oxygens (including phenoxy) is 1. The number of nitrogens with one attached hydrogen (secondary N) is 1. The van der Waals surface area contributed by atoms with E-state index in [2.05, 4.69) is 32.4 Å². The molecule has 1 fully saturated rings. The van der Waals surface area contributed by atoms with E-state index in [1.807, 2.05) is 19.1 Å². The lowest BCUT2D eigenvalue weighted by Crippen LogP contribution is -2.29. The smallest absolute Gasteiger partial charge is 0.417 e. The first-order valence-corrected chi connectivity index (χ1v) is 10.3. The number of amides is 1. The molecule has 0 saturated heterocycles. The van der Waals surface area contributed by atoms with Gasteiger partial charge in [-0.15, -0.1) is 0 Å². The van der Waals surface area contributed by atoms with Crippen LogP contribution in [0.25, 0.3) is 0 Å². The summed E-state index contributed by atoms with van der Waals surface area (Å²) in [6.45, 7) is 3.95. The fourth-order valence-electron chi connectivity index (χ4n) is 4.13. The number of nitrogens with zero attached hydrogens (tertiary/aromatic N) is 3. The number of allylic oxidation sites excluding steroid dienone is 4. The second-order valence-corrected chi connectivity index (χ2v) is 8.22. The molecule has 0 bridgehead atoms. The summed E-state index contributed by atoms with van der Waals surface area (Å²) < 4.78 is 44.3. The molecule has 9 heteroatoms. The van der Waals surface area contributed by atoms with Crippen molar-refractivity contribution in [3.63, 3.8) is 0 Å². The highest BCUT2D eigenvalue weighted by Gasteiger charge is 2.62. The molecule has 6 nitrogen and oxygen atoms in total. The summed E-state index contributed by atoms with van der Waals surface area (Å²) in [7, 11) is 0. The quantitative estimate of drug-likeness (QED) is 0.701. The Morgan fingerprint density at radius 1 is 1.22 bits per heavy atom. The van der Waals surface area contributed by atoms with Crippen LogP contribution in [0.2, 0.25) is 0 Å². The summed E-state index contributed by atoms with van der Waals surface area (Å²) in [6, 6.07) is 2.07. The van der Waals surface area contributed by atoms with Gasteiger partial charge in [-0.3, -0.25) is 4.79 Å². The largest absolute Gasteiger partial charge is 0.489 e. The lowest BCUT2D eigenvalue weighted by atomic mass is 9.82. The van der Waals surface area contributed by atoms with Crippen LogP contribution in [-0.4, -0.2) is 27.5 Å². The van der Waals surface area contributed by atoms with Gasteiger partial charge in [0.15, 0.2) is 5.75 Å². The van der Waals surface area contributed by atoms with E-state index in [4.69, 9.17) is 4.74 Å². The molecule has 0 aliphatic heterocycles. The predicted octanol–water partition coefficient (Wildman–Crippen LogP) is 4.66. The maximum Gasteiger partial charge on any atom is 0.417 e. The van der Waals surface area contributed by atoms with Crippen LogP contribution < -0.4 is 10.1 Å². The number of halogens is 3. The van der Waals surface area contributed by atoms with Crippen LogP contribution in [0.5, 0.6) is 5.75 Å². The highest BCUT2D eigenvalue weighted by atomic mass is 19.4. The van der Waals surface area contributed by atoms with Crippen LogP contribution in [0, 0.1) is 31.1 Å². The first-order chi connectivity index (χ1) is 15.2. The molecule has 32 heavy (non-hydrogen) atoms. The number of aryl methyl sites for hydroxylation is 2. The van der Waals surface area contributed by atoms with Crippen LogP contribution in [0.4, 0.5) is 19.0 Å². The SMILES string of the molecule is Cc1ncc(OC[C@@]2(C3C=CC=CC3)C[C@H]2C(=O)Nc2ccc(C(F)(F)F)cn2)c(C)n1. The minimum atomic E-state index is -4.48. The van der Waals surface area contributed by atoms with Gasteiger partial charge in [-0.1, -0.05) is 24.3 Å². The van der Waals surface area contributed by atoms with Crippen LogP contribution in [-0.2, 0) is 11.0 Å². The van der Waals surface area contributed by atoms with Gasteiger partial charge in [-0.05, 0) is 44.7 Å². The van der Waals surface area contributed by atoms with Crippen molar-refractivity contribution in [3.8, 4) is 5.75 Å². The Hall–Kier alpha value is -3.23. The average molecular weight is 444 g/mol. The zero-order valence-electron chi connectivity index (χ0n) is 17.7. The molecule has 1 N–H and O–H groups in total. The summed E-state index contributed by atoms with van der Waals surface area (Å²) in [4.78, 5) is 25.2. The monoisotopic (exact) mass is 444 g/mol. The van der Waals surface area contributed by atoms with Crippen LogP contribution in [0.1, 0.15) is 29.9 Å². The number of anilines is 1. The molecule has 2 aliphatic carbocycles. The van der Waals surface area contributed by atoms with Crippen molar-refractivity contribution in [1.29, 1.82) is 0 Å². The molecule has 1 saturated carbocycles. The van der Waals surface area contributed by atoms with Crippen molar-refractivity contribution in [2.45, 2.75) is 32.9 Å². The van der Waals surface area contributed by atoms with E-state index >= 15 is 0 Å². The molecule has 0 spiro atoms. The zero-order chi connectivity index (χ0) is 22.9. The number of pyridine rings is 1. The summed E-state index contributed by atoms with van der Waals surface area (Å²) in [5.41, 5.74) is -0.559. The third-order valence-electron chi connectivity index (χ3n) is 6.05. The molecule has 1 unspecified atom stereocenters. The van der Waals surface area contributed by atoms with Crippen LogP contribution >= 0.6 is 0 Å². The van der Waals surface area contributed by atoms with E-state index in [9.17, 15) is 18.0 Å². The Kier molecular flexibility index (Phi) is 5.75. The number of alkyl halides is 3. The van der Waals surface area contributed by atoms with Gasteiger partial charge in [0, 0.05) is 17.5 Å². The molecule has 0 aromatic carbocycles. The van der Waals surface area contributed by atoms with Gasteiger partial charge >= 0.3 is 6.18 Å². The molecular formula is C23H23F3N4O2. The highest BCUT2D eigenvalue weighted by molar-refractivity contribution is 5.94. The Morgan fingerprint density at radius 2 is 2.03 bits per heavy atom. The van der Waals surface area contributed by atoms with E-state index in [1.165, 1.54) is 0 Å². The van der Waals surface area contributed by atoms with Gasteiger partial charge in [0.1, 0.15) is 11.6 Å². The van der Waals surface area contributed by atoms with Crippen LogP contribution in [0.3, 0.4) is 0 Å². The van der Waals surface area contributed by atoms with Gasteiger partial charge < -0.3 is 10.1 Å². The summed E-state index contributed by atoms with van der Waals surface area (Å²) in [6.07, 6.45) is 7.31. The van der Waals surface area contributed by atoms with Gasteiger partial charge in [0.05, 0.1) is 24.1 Å². The Morgan fingerprint density at radius 3 is 2.66 bits per heavy atom. The van der Waals surface area contributed by atoms with E-state index in [0.29, 0.717) is 30.8 Å². The maximum absolute atomic E-state index is 12.9. The van der Waals surface area contributed by atoms with Gasteiger partial charge in [0.2, 0.25) is 5.91 Å². The normalized spacial score (nSPS) is 24.3. The molecular weight excluding hydrogens is 421 g/mol. The average Bonchev–Trinajstić information content (AvgIpc) is 3.50. The first kappa shape index (κ1) is 22.0. The molecule has 168 valence electrons. The predicted molar refractivity (Wildman–Crippen MR) is 112 cm³/mol. The fraction of sp³-hybridized carbons (Fsp3) is 0.391. The second-order valence-electron chi connectivity index (χ2n) is 8.22. The Bertz CT molecular complexity index is 1070. The molecule has 0 radical (unpaired) electrons. The number of aromatic nitrogens is 3. The summed E-state index contributed by atoms with van der Waals surface area (Å²) in [5, 5.41) is 2.65. The molecule has 1 amide bonds. The number of hydrogen-bond donors (Lipinski definition) is 1. The Balaban J connectivity index is 1.48. The Labute approximate surface area is 183 Å². The fourth-order valence-corrected chi connectivity index (χ4v) is 4.13. The number of carbonyl (C=O) groups excluding carboxylic acids is 1. The summed E-state index contributed by atoms with van der Waals surface area (Å²) >= 11 is 0. The maximum atomic E-state index is 12.9. The van der Waals surface area contributed by atoms with E-state index in [-0.39, 0.29) is 23.6 Å². The molecule has 2 aromatic rings. The number of rotatable bonds is 6. The minimum Gasteiger partial charge on any atom is -0.489 e. The standard InChI is InChI=1S/C23H23F3N4O2/c1-14-19(12-27-15(2)29-14)32-13-22(16-6-4-3-5-7-16)10-18(22)21(31)30-20-9-8-17(11-28-20)23(24,25)26/h3-6,8-9,11-12,16,18H,7,10,13H2,1-2H3,(H,28,30,31)/t16?,18-,22+/m0/s1. The van der Waals surface area contributed by atoms with Crippen molar-refractivity contribution in [2.75, 3.05) is 11.9 Å². The van der Waals surface area contributed by atoms with Crippen molar-refractivity contribution in [3.05, 3.63) is 65.9 Å². The third-order valence-corrected chi connectivity index (χ3v) is 6.05. The number of hydrogen-bond acceptors (Lipinski definition) is 5. The van der Waals surface area contributed by atoms with E-state index in [1.54, 1.807) is 13.1 Å². The van der Waals surface area contributed by atoms with E-state index in [0.717, 1.165) is 24.2 Å². The van der Waals surface area contributed by atoms with Gasteiger partial charge in [-0.25, -0.2) is 15.0 Å². The van der Waals surface area contributed by atoms with Crippen LogP contribution in [0.15, 0.2) is 48.8 Å². The van der Waals surface area contributed by atoms with Crippen molar-refractivity contribution in [1.82, 2.24) is 15.0 Å². The van der Waals surface area contributed by atoms with Gasteiger partial charge in [0.25, 0.3) is 0 Å². The second kappa shape index (κ2) is 8.37. The van der Waals surface area contributed by atoms with Crippen molar-refractivity contribution >= 4 is 11.7 Å². The highest BCUT2D eigenvalue weighted by Crippen LogP contribution is 2.60. The molecule has 3 atom stereocenters. The topological polar surface area (TPSA) is 77.0 Å². The minimum absolute atomic E-state index is 0.0894. The first-order valence-electron chi connectivity index (χ1n) is 10.3. The number of carbonyl (C=O) groups is 1. The molecule has 2 aliphatic rings. The summed E-state index contributed by atoms with van der Waals surface area (Å²) in [5.74, 6) is 0.792. The zero-order valence-corrected chi connectivity index (χ0v) is 17.7. The lowest BCUT2D eigenvalue weighted by Gasteiger charge is -2.26. The molecule has 2 aromatic heterocycles. The van der Waals surface area contributed by atoms with Gasteiger partial charge in [-0.2, -0.15) is 13.2 Å². The lowest BCUT2D eigenvalue weighted by molar-refractivity contribution is -0.137. The molecule has 2 heterocycles. The van der Waals surface area contributed by atoms with Crippen molar-refractivity contribution in [2.24, 2.45) is 17.3 Å². The third kappa shape index (κ3) is 4.51.